The van der Waals surface area contributed by atoms with Gasteiger partial charge in [0.2, 0.25) is 5.13 Å². The zero-order chi connectivity index (χ0) is 20.6. The van der Waals surface area contributed by atoms with Crippen molar-refractivity contribution in [1.82, 2.24) is 9.36 Å². The van der Waals surface area contributed by atoms with Crippen LogP contribution in [0.4, 0.5) is 13.9 Å². The van der Waals surface area contributed by atoms with Gasteiger partial charge >= 0.3 is 0 Å². The van der Waals surface area contributed by atoms with Crippen molar-refractivity contribution in [3.05, 3.63) is 42.2 Å². The number of benzene rings is 1. The average Bonchev–Trinajstić information content (AvgIpc) is 3.36. The molecule has 154 valence electrons. The van der Waals surface area contributed by atoms with Gasteiger partial charge in [-0.05, 0) is 49.3 Å². The lowest BCUT2D eigenvalue weighted by Crippen LogP contribution is -2.15. The predicted molar refractivity (Wildman–Crippen MR) is 106 cm³/mol. The van der Waals surface area contributed by atoms with Crippen LogP contribution in [0, 0.1) is 5.92 Å². The summed E-state index contributed by atoms with van der Waals surface area (Å²) in [5.41, 5.74) is 0.696. The molecule has 2 aromatic rings. The molecule has 1 N–H and O–H groups in total. The number of anilines is 1. The Labute approximate surface area is 171 Å². The van der Waals surface area contributed by atoms with E-state index in [2.05, 4.69) is 14.7 Å². The summed E-state index contributed by atoms with van der Waals surface area (Å²) in [5.74, 6) is -0.915. The SMILES string of the molecule is O=C(Nc1ncns1)C(=CC1C[C@@H](F)[C@@H](F)C1)c1ccc(S(=O)(=O)C2CC2)cc1. The lowest BCUT2D eigenvalue weighted by molar-refractivity contribution is -0.111. The number of hydrogen-bond acceptors (Lipinski definition) is 6. The van der Waals surface area contributed by atoms with Crippen molar-refractivity contribution in [2.24, 2.45) is 5.92 Å². The van der Waals surface area contributed by atoms with Crippen molar-refractivity contribution < 1.29 is 22.0 Å². The number of rotatable bonds is 6. The van der Waals surface area contributed by atoms with Crippen LogP contribution in [0.2, 0.25) is 0 Å². The molecule has 0 bridgehead atoms. The Bertz CT molecular complexity index is 1010. The first-order chi connectivity index (χ1) is 13.8. The second kappa shape index (κ2) is 7.91. The number of alkyl halides is 2. The van der Waals surface area contributed by atoms with E-state index >= 15 is 0 Å². The van der Waals surface area contributed by atoms with E-state index in [0.717, 1.165) is 11.5 Å². The number of nitrogens with one attached hydrogen (secondary N) is 1. The van der Waals surface area contributed by atoms with E-state index in [0.29, 0.717) is 23.5 Å². The molecule has 3 atom stereocenters. The Morgan fingerprint density at radius 2 is 1.79 bits per heavy atom. The minimum Gasteiger partial charge on any atom is -0.297 e. The minimum atomic E-state index is -3.34. The van der Waals surface area contributed by atoms with E-state index in [4.69, 9.17) is 0 Å². The van der Waals surface area contributed by atoms with Gasteiger partial charge in [0.1, 0.15) is 18.7 Å². The van der Waals surface area contributed by atoms with Gasteiger partial charge in [0.05, 0.1) is 10.1 Å². The number of aromatic nitrogens is 2. The van der Waals surface area contributed by atoms with Crippen LogP contribution in [-0.2, 0) is 14.6 Å². The number of nitrogens with zero attached hydrogens (tertiary/aromatic N) is 2. The van der Waals surface area contributed by atoms with Crippen LogP contribution in [-0.4, -0.2) is 41.3 Å². The van der Waals surface area contributed by atoms with Crippen molar-refractivity contribution in [2.75, 3.05) is 5.32 Å². The normalized spacial score (nSPS) is 25.2. The third kappa shape index (κ3) is 4.37. The number of halogens is 2. The van der Waals surface area contributed by atoms with Gasteiger partial charge in [-0.15, -0.1) is 0 Å². The molecule has 0 spiro atoms. The highest BCUT2D eigenvalue weighted by Gasteiger charge is 2.37. The van der Waals surface area contributed by atoms with Crippen LogP contribution in [0.25, 0.3) is 5.57 Å². The second-order valence-electron chi connectivity index (χ2n) is 7.31. The number of sulfone groups is 1. The molecule has 4 rings (SSSR count). The van der Waals surface area contributed by atoms with E-state index < -0.39 is 34.0 Å². The average molecular weight is 440 g/mol. The maximum absolute atomic E-state index is 13.6. The Kier molecular flexibility index (Phi) is 5.48. The van der Waals surface area contributed by atoms with Gasteiger partial charge in [-0.2, -0.15) is 4.37 Å². The maximum Gasteiger partial charge on any atom is 0.257 e. The van der Waals surface area contributed by atoms with Crippen molar-refractivity contribution in [3.63, 3.8) is 0 Å². The number of amides is 1. The van der Waals surface area contributed by atoms with E-state index in [-0.39, 0.29) is 28.6 Å². The molecule has 1 amide bonds. The summed E-state index contributed by atoms with van der Waals surface area (Å²) in [4.78, 5) is 16.9. The van der Waals surface area contributed by atoms with Gasteiger partial charge in [0, 0.05) is 17.1 Å². The third-order valence-electron chi connectivity index (χ3n) is 5.13. The number of carbonyl (C=O) groups is 1. The van der Waals surface area contributed by atoms with Gasteiger partial charge in [-0.3, -0.25) is 10.1 Å². The lowest BCUT2D eigenvalue weighted by Gasteiger charge is -2.11. The Balaban J connectivity index is 1.63. The highest BCUT2D eigenvalue weighted by Crippen LogP contribution is 2.36. The fourth-order valence-corrected chi connectivity index (χ4v) is 5.52. The monoisotopic (exact) mass is 439 g/mol. The third-order valence-corrected chi connectivity index (χ3v) is 7.99. The van der Waals surface area contributed by atoms with Crippen LogP contribution in [0.15, 0.2) is 41.6 Å². The molecule has 6 nitrogen and oxygen atoms in total. The highest BCUT2D eigenvalue weighted by atomic mass is 32.2. The molecule has 29 heavy (non-hydrogen) atoms. The zero-order valence-electron chi connectivity index (χ0n) is 15.3. The van der Waals surface area contributed by atoms with E-state index in [1.807, 2.05) is 0 Å². The molecule has 1 heterocycles. The van der Waals surface area contributed by atoms with Crippen LogP contribution in [0.3, 0.4) is 0 Å². The molecule has 0 aliphatic heterocycles. The first kappa shape index (κ1) is 20.1. The Morgan fingerprint density at radius 1 is 1.14 bits per heavy atom. The standard InChI is InChI=1S/C19H19F2N3O3S2/c20-16-8-11(9-17(16)21)7-15(18(25)24-19-22-10-23-28-19)12-1-3-13(4-2-12)29(26,27)14-5-6-14/h1-4,7,10-11,14,16-17H,5-6,8-9H2,(H,22,23,24,25)/t11?,16-,17+. The smallest absolute Gasteiger partial charge is 0.257 e. The summed E-state index contributed by atoms with van der Waals surface area (Å²) >= 11 is 1.00. The van der Waals surface area contributed by atoms with Crippen molar-refractivity contribution in [1.29, 1.82) is 0 Å². The first-order valence-electron chi connectivity index (χ1n) is 9.27. The molecular formula is C19H19F2N3O3S2. The Hall–Kier alpha value is -2.20. The largest absolute Gasteiger partial charge is 0.297 e. The molecule has 2 aliphatic carbocycles. The number of allylic oxidation sites excluding steroid dienone is 1. The Morgan fingerprint density at radius 3 is 2.34 bits per heavy atom. The molecule has 1 unspecified atom stereocenters. The number of carbonyl (C=O) groups excluding carboxylic acids is 1. The lowest BCUT2D eigenvalue weighted by atomic mass is 9.98. The predicted octanol–water partition coefficient (Wildman–Crippen LogP) is 3.58. The van der Waals surface area contributed by atoms with Crippen LogP contribution >= 0.6 is 11.5 Å². The van der Waals surface area contributed by atoms with Crippen LogP contribution in [0.1, 0.15) is 31.2 Å². The summed E-state index contributed by atoms with van der Waals surface area (Å²) in [6, 6.07) is 6.05. The minimum absolute atomic E-state index is 0.00486. The van der Waals surface area contributed by atoms with E-state index in [1.165, 1.54) is 18.5 Å². The molecule has 0 radical (unpaired) electrons. The zero-order valence-corrected chi connectivity index (χ0v) is 16.9. The molecule has 2 aliphatic rings. The fraction of sp³-hybridized carbons (Fsp3) is 0.421. The van der Waals surface area contributed by atoms with Crippen LogP contribution < -0.4 is 5.32 Å². The molecule has 1 aromatic carbocycles. The van der Waals surface area contributed by atoms with Gasteiger partial charge < -0.3 is 0 Å². The summed E-state index contributed by atoms with van der Waals surface area (Å²) < 4.78 is 55.8. The molecule has 1 aromatic heterocycles. The summed E-state index contributed by atoms with van der Waals surface area (Å²) in [7, 11) is -3.34. The van der Waals surface area contributed by atoms with Crippen LogP contribution in [0.5, 0.6) is 0 Å². The quantitative estimate of drug-likeness (QED) is 0.695. The molecular weight excluding hydrogens is 420 g/mol. The molecule has 2 saturated carbocycles. The first-order valence-corrected chi connectivity index (χ1v) is 11.6. The van der Waals surface area contributed by atoms with Crippen molar-refractivity contribution in [3.8, 4) is 0 Å². The van der Waals surface area contributed by atoms with E-state index in [1.54, 1.807) is 18.2 Å². The topological polar surface area (TPSA) is 89.0 Å². The summed E-state index contributed by atoms with van der Waals surface area (Å²) in [6.45, 7) is 0. The molecule has 2 fully saturated rings. The van der Waals surface area contributed by atoms with Crippen molar-refractivity contribution in [2.45, 2.75) is 48.2 Å². The molecule has 0 saturated heterocycles. The van der Waals surface area contributed by atoms with Crippen molar-refractivity contribution >= 4 is 38.0 Å². The highest BCUT2D eigenvalue weighted by molar-refractivity contribution is 7.92. The van der Waals surface area contributed by atoms with Gasteiger partial charge in [-0.25, -0.2) is 22.2 Å². The number of hydrogen-bond donors (Lipinski definition) is 1. The fourth-order valence-electron chi connectivity index (χ4n) is 3.43. The van der Waals surface area contributed by atoms with Gasteiger partial charge in [-0.1, -0.05) is 18.2 Å². The summed E-state index contributed by atoms with van der Waals surface area (Å²) in [5, 5.41) is 2.59. The second-order valence-corrected chi connectivity index (χ2v) is 10.3. The van der Waals surface area contributed by atoms with E-state index in [9.17, 15) is 22.0 Å². The molecule has 10 heteroatoms. The van der Waals surface area contributed by atoms with Gasteiger partial charge in [0.15, 0.2) is 9.84 Å². The summed E-state index contributed by atoms with van der Waals surface area (Å²) in [6.07, 6.45) is 1.11. The van der Waals surface area contributed by atoms with Gasteiger partial charge in [0.25, 0.3) is 5.91 Å². The maximum atomic E-state index is 13.6.